The molecule has 0 radical (unpaired) electrons. The van der Waals surface area contributed by atoms with Gasteiger partial charge in [0.2, 0.25) is 0 Å². The molecule has 1 fully saturated rings. The zero-order chi connectivity index (χ0) is 26.9. The Kier molecular flexibility index (Phi) is 9.68. The highest BCUT2D eigenvalue weighted by Gasteiger charge is 2.29. The minimum atomic E-state index is -0.972. The molecule has 4 rings (SSSR count). The van der Waals surface area contributed by atoms with Crippen LogP contribution >= 0.6 is 0 Å². The molecule has 0 bridgehead atoms. The molecule has 2 unspecified atom stereocenters. The summed E-state index contributed by atoms with van der Waals surface area (Å²) in [5, 5.41) is 13.6. The van der Waals surface area contributed by atoms with Crippen molar-refractivity contribution in [3.05, 3.63) is 76.5 Å². The van der Waals surface area contributed by atoms with Crippen molar-refractivity contribution in [2.45, 2.75) is 84.1 Å². The van der Waals surface area contributed by atoms with E-state index in [2.05, 4.69) is 12.0 Å². The molecule has 1 aliphatic rings. The maximum Gasteiger partial charge on any atom is 0.353 e. The van der Waals surface area contributed by atoms with Gasteiger partial charge in [0.15, 0.2) is 0 Å². The zero-order valence-electron chi connectivity index (χ0n) is 22.3. The summed E-state index contributed by atoms with van der Waals surface area (Å²) in [6, 6.07) is 14.3. The summed E-state index contributed by atoms with van der Waals surface area (Å²) in [5.41, 5.74) is 2.14. The van der Waals surface area contributed by atoms with Gasteiger partial charge >= 0.3 is 11.7 Å². The average Bonchev–Trinajstić information content (AvgIpc) is 3.30. The van der Waals surface area contributed by atoms with Crippen molar-refractivity contribution in [1.29, 1.82) is 0 Å². The third kappa shape index (κ3) is 6.88. The van der Waals surface area contributed by atoms with E-state index < -0.39 is 11.7 Å². The van der Waals surface area contributed by atoms with Gasteiger partial charge in [-0.15, -0.1) is 4.68 Å². The number of aromatic nitrogens is 3. The number of nitrogens with zero attached hydrogens (tertiary/aromatic N) is 3. The van der Waals surface area contributed by atoms with Crippen LogP contribution in [0, 0.1) is 11.8 Å². The number of carboxylic acids is 1. The van der Waals surface area contributed by atoms with E-state index in [0.29, 0.717) is 11.5 Å². The summed E-state index contributed by atoms with van der Waals surface area (Å²) >= 11 is 0. The van der Waals surface area contributed by atoms with E-state index in [4.69, 9.17) is 0 Å². The van der Waals surface area contributed by atoms with Crippen LogP contribution < -0.4 is 5.69 Å². The van der Waals surface area contributed by atoms with Gasteiger partial charge in [-0.05, 0) is 41.5 Å². The van der Waals surface area contributed by atoms with Crippen LogP contribution in [-0.2, 0) is 6.54 Å². The van der Waals surface area contributed by atoms with Crippen LogP contribution in [0.2, 0.25) is 0 Å². The van der Waals surface area contributed by atoms with Crippen molar-refractivity contribution in [1.82, 2.24) is 14.3 Å². The molecule has 1 aliphatic carbocycles. The fourth-order valence-corrected chi connectivity index (χ4v) is 5.67. The first-order valence-corrected chi connectivity index (χ1v) is 14.1. The van der Waals surface area contributed by atoms with Crippen LogP contribution in [0.3, 0.4) is 0 Å². The molecule has 7 nitrogen and oxygen atoms in total. The van der Waals surface area contributed by atoms with Crippen LogP contribution in [0.1, 0.15) is 98.3 Å². The maximum atomic E-state index is 13.2. The smallest absolute Gasteiger partial charge is 0.353 e. The van der Waals surface area contributed by atoms with Crippen molar-refractivity contribution in [2.75, 3.05) is 0 Å². The summed E-state index contributed by atoms with van der Waals surface area (Å²) in [6.07, 6.45) is 14.2. The van der Waals surface area contributed by atoms with Crippen LogP contribution in [0.5, 0.6) is 0 Å². The second kappa shape index (κ2) is 13.4. The lowest BCUT2D eigenvalue weighted by atomic mass is 9.78. The van der Waals surface area contributed by atoms with Crippen molar-refractivity contribution in [2.24, 2.45) is 11.8 Å². The Morgan fingerprint density at radius 1 is 0.974 bits per heavy atom. The van der Waals surface area contributed by atoms with E-state index in [1.54, 1.807) is 18.2 Å². The topological polar surface area (TPSA) is 94.2 Å². The number of aromatic carboxylic acids is 1. The lowest BCUT2D eigenvalue weighted by Gasteiger charge is -2.27. The van der Waals surface area contributed by atoms with E-state index >= 15 is 0 Å². The number of rotatable bonds is 12. The standard InChI is InChI=1S/C31H39N3O4/c1-2-3-4-5-6-7-11-23-12-10-13-26(20-23)29(35)34-31(38)33(22-32-34)21-24-16-18-25(19-17-24)27-14-8-9-15-28(27)30(36)37/h8-9,14-19,22-23,26H,2-7,10-13,20-21H2,1H3,(H,36,37). The van der Waals surface area contributed by atoms with Crippen molar-refractivity contribution in [3.8, 4) is 11.1 Å². The summed E-state index contributed by atoms with van der Waals surface area (Å²) < 4.78 is 2.50. The van der Waals surface area contributed by atoms with Crippen LogP contribution in [0.15, 0.2) is 59.7 Å². The summed E-state index contributed by atoms with van der Waals surface area (Å²) in [6.45, 7) is 2.52. The molecule has 1 N–H and O–H groups in total. The van der Waals surface area contributed by atoms with Gasteiger partial charge in [-0.2, -0.15) is 5.10 Å². The summed E-state index contributed by atoms with van der Waals surface area (Å²) in [4.78, 5) is 37.8. The highest BCUT2D eigenvalue weighted by molar-refractivity contribution is 5.96. The molecule has 202 valence electrons. The average molecular weight is 518 g/mol. The molecule has 1 saturated carbocycles. The molecule has 2 atom stereocenters. The molecule has 0 saturated heterocycles. The zero-order valence-corrected chi connectivity index (χ0v) is 22.3. The van der Waals surface area contributed by atoms with Crippen molar-refractivity contribution >= 4 is 11.9 Å². The molecule has 1 aromatic heterocycles. The number of hydrogen-bond donors (Lipinski definition) is 1. The molecular formula is C31H39N3O4. The monoisotopic (exact) mass is 517 g/mol. The highest BCUT2D eigenvalue weighted by atomic mass is 16.4. The minimum absolute atomic E-state index is 0.136. The van der Waals surface area contributed by atoms with Gasteiger partial charge in [0.1, 0.15) is 6.33 Å². The molecule has 38 heavy (non-hydrogen) atoms. The third-order valence-electron chi connectivity index (χ3n) is 7.82. The number of carboxylic acid groups (broad SMARTS) is 1. The van der Waals surface area contributed by atoms with Gasteiger partial charge in [0.05, 0.1) is 12.1 Å². The van der Waals surface area contributed by atoms with Crippen LogP contribution in [-0.4, -0.2) is 31.3 Å². The Balaban J connectivity index is 1.36. The first-order valence-electron chi connectivity index (χ1n) is 14.1. The van der Waals surface area contributed by atoms with E-state index in [0.717, 1.165) is 35.1 Å². The molecule has 3 aromatic rings. The molecule has 1 heterocycles. The molecule has 0 spiro atoms. The lowest BCUT2D eigenvalue weighted by molar-refractivity contribution is 0.0696. The molecule has 0 amide bonds. The van der Waals surface area contributed by atoms with Crippen molar-refractivity contribution < 1.29 is 14.7 Å². The third-order valence-corrected chi connectivity index (χ3v) is 7.82. The Bertz CT molecular complexity index is 1270. The SMILES string of the molecule is CCCCCCCCC1CCCC(C(=O)n2ncn(Cc3ccc(-c4ccccc4C(=O)O)cc3)c2=O)C1. The minimum Gasteiger partial charge on any atom is -0.478 e. The number of carbonyl (C=O) groups excluding carboxylic acids is 1. The normalized spacial score (nSPS) is 17.4. The van der Waals surface area contributed by atoms with E-state index in [-0.39, 0.29) is 23.9 Å². The second-order valence-electron chi connectivity index (χ2n) is 10.6. The second-order valence-corrected chi connectivity index (χ2v) is 10.6. The first kappa shape index (κ1) is 27.6. The number of unbranched alkanes of at least 4 members (excludes halogenated alkanes) is 5. The Morgan fingerprint density at radius 3 is 2.47 bits per heavy atom. The van der Waals surface area contributed by atoms with Gasteiger partial charge in [0, 0.05) is 5.92 Å². The van der Waals surface area contributed by atoms with Crippen LogP contribution in [0.4, 0.5) is 0 Å². The van der Waals surface area contributed by atoms with Gasteiger partial charge in [-0.25, -0.2) is 9.59 Å². The van der Waals surface area contributed by atoms with E-state index in [1.165, 1.54) is 62.3 Å². The number of carbonyl (C=O) groups is 2. The lowest BCUT2D eigenvalue weighted by Crippen LogP contribution is -2.36. The summed E-state index contributed by atoms with van der Waals surface area (Å²) in [5.74, 6) is -0.725. The van der Waals surface area contributed by atoms with Gasteiger partial charge in [-0.3, -0.25) is 9.36 Å². The molecular weight excluding hydrogens is 478 g/mol. The molecule has 7 heteroatoms. The van der Waals surface area contributed by atoms with Crippen molar-refractivity contribution in [3.63, 3.8) is 0 Å². The van der Waals surface area contributed by atoms with Crippen LogP contribution in [0.25, 0.3) is 11.1 Å². The highest BCUT2D eigenvalue weighted by Crippen LogP contribution is 2.33. The van der Waals surface area contributed by atoms with E-state index in [1.807, 2.05) is 30.3 Å². The largest absolute Gasteiger partial charge is 0.478 e. The van der Waals surface area contributed by atoms with Gasteiger partial charge < -0.3 is 5.11 Å². The summed E-state index contributed by atoms with van der Waals surface area (Å²) in [7, 11) is 0. The Labute approximate surface area is 224 Å². The quantitative estimate of drug-likeness (QED) is 0.271. The Morgan fingerprint density at radius 2 is 1.71 bits per heavy atom. The first-order chi connectivity index (χ1) is 18.5. The Hall–Kier alpha value is -3.48. The maximum absolute atomic E-state index is 13.2. The molecule has 2 aromatic carbocycles. The predicted molar refractivity (Wildman–Crippen MR) is 148 cm³/mol. The van der Waals surface area contributed by atoms with E-state index in [9.17, 15) is 19.5 Å². The fourth-order valence-electron chi connectivity index (χ4n) is 5.67. The van der Waals surface area contributed by atoms with Gasteiger partial charge in [0.25, 0.3) is 5.91 Å². The number of hydrogen-bond acceptors (Lipinski definition) is 4. The fraction of sp³-hybridized carbons (Fsp3) is 0.484. The predicted octanol–water partition coefficient (Wildman–Crippen LogP) is 6.66. The molecule has 0 aliphatic heterocycles. The van der Waals surface area contributed by atoms with Gasteiger partial charge in [-0.1, -0.05) is 107 Å². The number of benzene rings is 2.